The topological polar surface area (TPSA) is 129 Å². The molecular formula is C19H19NO8S. The van der Waals surface area contributed by atoms with Crippen LogP contribution in [0.25, 0.3) is 11.0 Å². The third-order valence-corrected chi connectivity index (χ3v) is 5.64. The van der Waals surface area contributed by atoms with Gasteiger partial charge in [0.05, 0.1) is 18.8 Å². The lowest BCUT2D eigenvalue weighted by atomic mass is 10.1. The molecule has 1 aliphatic heterocycles. The average Bonchev–Trinajstić information content (AvgIpc) is 2.97. The summed E-state index contributed by atoms with van der Waals surface area (Å²) in [6.07, 6.45) is 0.770. The van der Waals surface area contributed by atoms with Crippen LogP contribution in [-0.2, 0) is 30.7 Å². The summed E-state index contributed by atoms with van der Waals surface area (Å²) in [7, 11) is -3.24. The first kappa shape index (κ1) is 20.6. The Morgan fingerprint density at radius 1 is 1.24 bits per heavy atom. The SMILES string of the molecule is CCOC(=O)Nc1ccc2c(COC(=O)CC3C=CS(=O)(=O)C3)cc(=O)oc2c1. The minimum Gasteiger partial charge on any atom is -0.461 e. The molecule has 0 fully saturated rings. The molecule has 1 unspecified atom stereocenters. The minimum absolute atomic E-state index is 0.0668. The van der Waals surface area contributed by atoms with E-state index in [1.54, 1.807) is 19.1 Å². The Morgan fingerprint density at radius 3 is 2.72 bits per heavy atom. The number of hydrogen-bond donors (Lipinski definition) is 1. The third kappa shape index (κ3) is 5.44. The van der Waals surface area contributed by atoms with E-state index in [0.717, 1.165) is 5.41 Å². The molecule has 1 atom stereocenters. The lowest BCUT2D eigenvalue weighted by Crippen LogP contribution is -2.14. The van der Waals surface area contributed by atoms with Gasteiger partial charge in [0.2, 0.25) is 0 Å². The van der Waals surface area contributed by atoms with Crippen molar-refractivity contribution in [2.75, 3.05) is 17.7 Å². The second kappa shape index (κ2) is 8.48. The number of nitrogens with one attached hydrogen (secondary N) is 1. The van der Waals surface area contributed by atoms with Crippen LogP contribution in [0.1, 0.15) is 18.9 Å². The van der Waals surface area contributed by atoms with Crippen LogP contribution >= 0.6 is 0 Å². The molecule has 0 saturated heterocycles. The molecule has 0 saturated carbocycles. The summed E-state index contributed by atoms with van der Waals surface area (Å²) in [5.74, 6) is -1.10. The van der Waals surface area contributed by atoms with Crippen molar-refractivity contribution >= 4 is 38.6 Å². The monoisotopic (exact) mass is 421 g/mol. The van der Waals surface area contributed by atoms with Crippen LogP contribution in [0.2, 0.25) is 0 Å². The van der Waals surface area contributed by atoms with Crippen LogP contribution in [0.4, 0.5) is 10.5 Å². The number of allylic oxidation sites excluding steroid dienone is 1. The number of amides is 1. The van der Waals surface area contributed by atoms with Gasteiger partial charge in [-0.15, -0.1) is 0 Å². The van der Waals surface area contributed by atoms with Crippen molar-refractivity contribution < 1.29 is 31.9 Å². The van der Waals surface area contributed by atoms with Crippen molar-refractivity contribution in [3.05, 3.63) is 51.7 Å². The number of sulfone groups is 1. The minimum atomic E-state index is -3.24. The standard InChI is InChI=1S/C19H19NO8S/c1-2-26-19(23)20-14-3-4-15-13(8-18(22)28-16(15)9-14)10-27-17(21)7-12-5-6-29(24,25)11-12/h3-6,8-9,12H,2,7,10-11H2,1H3,(H,20,23). The molecule has 1 aromatic heterocycles. The summed E-state index contributed by atoms with van der Waals surface area (Å²) in [6, 6.07) is 5.90. The van der Waals surface area contributed by atoms with Gasteiger partial charge in [-0.3, -0.25) is 10.1 Å². The molecule has 3 rings (SSSR count). The predicted octanol–water partition coefficient (Wildman–Crippen LogP) is 2.35. The Hall–Kier alpha value is -3.14. The Kier molecular flexibility index (Phi) is 6.02. The van der Waals surface area contributed by atoms with Gasteiger partial charge < -0.3 is 13.9 Å². The normalized spacial score (nSPS) is 17.2. The molecule has 29 heavy (non-hydrogen) atoms. The van der Waals surface area contributed by atoms with E-state index in [-0.39, 0.29) is 31.0 Å². The number of ether oxygens (including phenoxy) is 2. The van der Waals surface area contributed by atoms with Gasteiger partial charge in [0, 0.05) is 40.1 Å². The van der Waals surface area contributed by atoms with Crippen molar-refractivity contribution in [2.45, 2.75) is 20.0 Å². The second-order valence-electron chi connectivity index (χ2n) is 6.43. The maximum atomic E-state index is 12.0. The number of rotatable bonds is 6. The quantitative estimate of drug-likeness (QED) is 0.556. The zero-order valence-electron chi connectivity index (χ0n) is 15.5. The van der Waals surface area contributed by atoms with E-state index in [1.165, 1.54) is 18.2 Å². The largest absolute Gasteiger partial charge is 0.461 e. The number of carbonyl (C=O) groups excluding carboxylic acids is 2. The highest BCUT2D eigenvalue weighted by Gasteiger charge is 2.24. The van der Waals surface area contributed by atoms with Crippen molar-refractivity contribution in [1.82, 2.24) is 0 Å². The van der Waals surface area contributed by atoms with Gasteiger partial charge in [0.25, 0.3) is 0 Å². The molecule has 1 aromatic carbocycles. The molecule has 1 amide bonds. The molecular weight excluding hydrogens is 402 g/mol. The summed E-state index contributed by atoms with van der Waals surface area (Å²) in [5.41, 5.74) is 0.383. The van der Waals surface area contributed by atoms with Crippen LogP contribution < -0.4 is 10.9 Å². The van der Waals surface area contributed by atoms with Crippen LogP contribution in [0.5, 0.6) is 0 Å². The van der Waals surface area contributed by atoms with Gasteiger partial charge in [-0.2, -0.15) is 0 Å². The van der Waals surface area contributed by atoms with Crippen LogP contribution in [-0.4, -0.2) is 32.8 Å². The molecule has 1 aliphatic rings. The first-order valence-electron chi connectivity index (χ1n) is 8.83. The summed E-state index contributed by atoms with van der Waals surface area (Å²) in [4.78, 5) is 35.4. The number of benzene rings is 1. The van der Waals surface area contributed by atoms with Crippen molar-refractivity contribution in [2.24, 2.45) is 5.92 Å². The lowest BCUT2D eigenvalue weighted by Gasteiger charge is -2.10. The first-order valence-corrected chi connectivity index (χ1v) is 10.5. The highest BCUT2D eigenvalue weighted by Crippen LogP contribution is 2.23. The van der Waals surface area contributed by atoms with Gasteiger partial charge >= 0.3 is 17.7 Å². The van der Waals surface area contributed by atoms with E-state index >= 15 is 0 Å². The Balaban J connectivity index is 1.70. The van der Waals surface area contributed by atoms with Gasteiger partial charge in [0.1, 0.15) is 12.2 Å². The van der Waals surface area contributed by atoms with Gasteiger partial charge in [-0.1, -0.05) is 6.08 Å². The Labute approximate surface area is 166 Å². The van der Waals surface area contributed by atoms with Crippen LogP contribution in [0.3, 0.4) is 0 Å². The van der Waals surface area contributed by atoms with E-state index < -0.39 is 33.4 Å². The molecule has 2 aromatic rings. The molecule has 0 aliphatic carbocycles. The summed E-state index contributed by atoms with van der Waals surface area (Å²) in [6.45, 7) is 1.72. The van der Waals surface area contributed by atoms with E-state index in [2.05, 4.69) is 5.32 Å². The van der Waals surface area contributed by atoms with Crippen molar-refractivity contribution in [3.63, 3.8) is 0 Å². The maximum Gasteiger partial charge on any atom is 0.411 e. The third-order valence-electron chi connectivity index (χ3n) is 4.17. The number of esters is 1. The Bertz CT molecular complexity index is 1130. The van der Waals surface area contributed by atoms with Gasteiger partial charge in [-0.05, 0) is 19.1 Å². The van der Waals surface area contributed by atoms with Crippen molar-refractivity contribution in [1.29, 1.82) is 0 Å². The van der Waals surface area contributed by atoms with E-state index in [1.807, 2.05) is 0 Å². The zero-order valence-corrected chi connectivity index (χ0v) is 16.4. The van der Waals surface area contributed by atoms with Gasteiger partial charge in [-0.25, -0.2) is 18.0 Å². The van der Waals surface area contributed by atoms with E-state index in [4.69, 9.17) is 13.9 Å². The summed E-state index contributed by atoms with van der Waals surface area (Å²) in [5, 5.41) is 4.14. The predicted molar refractivity (Wildman–Crippen MR) is 104 cm³/mol. The highest BCUT2D eigenvalue weighted by molar-refractivity contribution is 7.94. The molecule has 0 radical (unpaired) electrons. The van der Waals surface area contributed by atoms with Crippen LogP contribution in [0, 0.1) is 5.92 Å². The molecule has 9 nitrogen and oxygen atoms in total. The molecule has 154 valence electrons. The van der Waals surface area contributed by atoms with Gasteiger partial charge in [0.15, 0.2) is 9.84 Å². The smallest absolute Gasteiger partial charge is 0.411 e. The lowest BCUT2D eigenvalue weighted by molar-refractivity contribution is -0.145. The molecule has 1 N–H and O–H groups in total. The number of carbonyl (C=O) groups is 2. The van der Waals surface area contributed by atoms with Crippen LogP contribution in [0.15, 0.2) is 45.0 Å². The fourth-order valence-electron chi connectivity index (χ4n) is 2.91. The fraction of sp³-hybridized carbons (Fsp3) is 0.316. The molecule has 0 bridgehead atoms. The van der Waals surface area contributed by atoms with E-state index in [9.17, 15) is 22.8 Å². The average molecular weight is 421 g/mol. The van der Waals surface area contributed by atoms with E-state index in [0.29, 0.717) is 16.6 Å². The molecule has 2 heterocycles. The highest BCUT2D eigenvalue weighted by atomic mass is 32.2. The summed E-state index contributed by atoms with van der Waals surface area (Å²) >= 11 is 0. The molecule has 10 heteroatoms. The second-order valence-corrected chi connectivity index (χ2v) is 8.36. The number of hydrogen-bond acceptors (Lipinski definition) is 8. The Morgan fingerprint density at radius 2 is 2.03 bits per heavy atom. The zero-order chi connectivity index (χ0) is 21.0. The summed E-state index contributed by atoms with van der Waals surface area (Å²) < 4.78 is 38.0. The number of anilines is 1. The first-order chi connectivity index (χ1) is 13.8. The maximum absolute atomic E-state index is 12.0. The van der Waals surface area contributed by atoms with Crippen molar-refractivity contribution in [3.8, 4) is 0 Å². The molecule has 0 spiro atoms. The number of fused-ring (bicyclic) bond motifs is 1. The fourth-order valence-corrected chi connectivity index (χ4v) is 4.31.